The molecule has 142 valence electrons. The summed E-state index contributed by atoms with van der Waals surface area (Å²) in [5, 5.41) is 12.6. The number of hydrogen-bond acceptors (Lipinski definition) is 3. The lowest BCUT2D eigenvalue weighted by atomic mass is 9.96. The lowest BCUT2D eigenvalue weighted by molar-refractivity contribution is 0.0930. The fourth-order valence-electron chi connectivity index (χ4n) is 4.10. The zero-order chi connectivity index (χ0) is 19.1. The van der Waals surface area contributed by atoms with Crippen molar-refractivity contribution in [3.05, 3.63) is 77.4 Å². The second-order valence-electron chi connectivity index (χ2n) is 8.09. The molecule has 0 radical (unpaired) electrons. The van der Waals surface area contributed by atoms with Crippen molar-refractivity contribution in [2.45, 2.75) is 31.3 Å². The Morgan fingerprint density at radius 2 is 1.82 bits per heavy atom. The molecule has 1 amide bonds. The van der Waals surface area contributed by atoms with Gasteiger partial charge < -0.3 is 16.0 Å². The van der Waals surface area contributed by atoms with E-state index in [0.717, 1.165) is 42.7 Å². The van der Waals surface area contributed by atoms with Crippen LogP contribution in [0.15, 0.2) is 60.7 Å². The smallest absolute Gasteiger partial charge is 0.252 e. The molecule has 0 spiro atoms. The first-order valence-electron chi connectivity index (χ1n) is 10.0. The van der Waals surface area contributed by atoms with Crippen LogP contribution in [0, 0.1) is 6.92 Å². The molecule has 3 aromatic rings. The van der Waals surface area contributed by atoms with Gasteiger partial charge in [-0.05, 0) is 53.8 Å². The highest BCUT2D eigenvalue weighted by molar-refractivity contribution is 5.98. The molecular formula is C24H25N3O. The second kappa shape index (κ2) is 6.64. The van der Waals surface area contributed by atoms with Gasteiger partial charge in [-0.15, -0.1) is 0 Å². The summed E-state index contributed by atoms with van der Waals surface area (Å²) in [5.74, 6) is 0.0123. The lowest BCUT2D eigenvalue weighted by Crippen LogP contribution is -2.51. The van der Waals surface area contributed by atoms with Crippen molar-refractivity contribution in [2.24, 2.45) is 0 Å². The number of benzene rings is 3. The van der Waals surface area contributed by atoms with Gasteiger partial charge in [0.15, 0.2) is 0 Å². The highest BCUT2D eigenvalue weighted by Gasteiger charge is 2.46. The van der Waals surface area contributed by atoms with Crippen molar-refractivity contribution in [2.75, 3.05) is 18.4 Å². The number of aryl methyl sites for hydroxylation is 1. The molecule has 4 heteroatoms. The van der Waals surface area contributed by atoms with Crippen molar-refractivity contribution in [3.63, 3.8) is 0 Å². The monoisotopic (exact) mass is 371 g/mol. The van der Waals surface area contributed by atoms with E-state index in [4.69, 9.17) is 0 Å². The Hall–Kier alpha value is -2.85. The van der Waals surface area contributed by atoms with E-state index >= 15 is 0 Å². The fourth-order valence-corrected chi connectivity index (χ4v) is 4.10. The highest BCUT2D eigenvalue weighted by atomic mass is 16.1. The van der Waals surface area contributed by atoms with E-state index in [1.807, 2.05) is 19.1 Å². The first-order chi connectivity index (χ1) is 13.6. The summed E-state index contributed by atoms with van der Waals surface area (Å²) in [6.45, 7) is 3.94. The predicted octanol–water partition coefficient (Wildman–Crippen LogP) is 3.95. The Morgan fingerprint density at radius 3 is 2.57 bits per heavy atom. The molecule has 2 fully saturated rings. The molecule has 28 heavy (non-hydrogen) atoms. The molecular weight excluding hydrogens is 346 g/mol. The van der Waals surface area contributed by atoms with E-state index in [-0.39, 0.29) is 11.4 Å². The quantitative estimate of drug-likeness (QED) is 0.636. The van der Waals surface area contributed by atoms with Crippen LogP contribution in [0.1, 0.15) is 34.3 Å². The third kappa shape index (κ3) is 3.04. The molecule has 1 saturated heterocycles. The van der Waals surface area contributed by atoms with Gasteiger partial charge >= 0.3 is 0 Å². The van der Waals surface area contributed by atoms with Crippen LogP contribution in [0.5, 0.6) is 0 Å². The Kier molecular flexibility index (Phi) is 4.09. The largest absolute Gasteiger partial charge is 0.380 e. The maximum atomic E-state index is 13.2. The molecule has 3 N–H and O–H groups in total. The van der Waals surface area contributed by atoms with Crippen LogP contribution in [0.2, 0.25) is 0 Å². The summed E-state index contributed by atoms with van der Waals surface area (Å²) in [5.41, 5.74) is 3.75. The number of fused-ring (bicyclic) bond motifs is 1. The molecule has 1 saturated carbocycles. The average Bonchev–Trinajstić information content (AvgIpc) is 3.45. The van der Waals surface area contributed by atoms with Crippen molar-refractivity contribution in [1.29, 1.82) is 0 Å². The first-order valence-corrected chi connectivity index (χ1v) is 10.0. The Bertz CT molecular complexity index is 1050. The predicted molar refractivity (Wildman–Crippen MR) is 114 cm³/mol. The highest BCUT2D eigenvalue weighted by Crippen LogP contribution is 2.48. The average molecular weight is 371 g/mol. The molecule has 1 aliphatic heterocycles. The summed E-state index contributed by atoms with van der Waals surface area (Å²) in [7, 11) is 0. The van der Waals surface area contributed by atoms with Gasteiger partial charge in [0.2, 0.25) is 0 Å². The van der Waals surface area contributed by atoms with Crippen LogP contribution in [-0.2, 0) is 5.54 Å². The molecule has 3 aromatic carbocycles. The Labute approximate surface area is 165 Å². The number of amides is 1. The molecule has 5 rings (SSSR count). The van der Waals surface area contributed by atoms with Crippen LogP contribution in [0.4, 0.5) is 5.69 Å². The normalized spacial score (nSPS) is 17.8. The third-order valence-electron chi connectivity index (χ3n) is 6.04. The van der Waals surface area contributed by atoms with Crippen molar-refractivity contribution in [3.8, 4) is 0 Å². The first kappa shape index (κ1) is 17.3. The minimum Gasteiger partial charge on any atom is -0.380 e. The van der Waals surface area contributed by atoms with Gasteiger partial charge in [0.05, 0.1) is 11.6 Å². The second-order valence-corrected chi connectivity index (χ2v) is 8.09. The van der Waals surface area contributed by atoms with Gasteiger partial charge in [-0.3, -0.25) is 4.79 Å². The van der Waals surface area contributed by atoms with Crippen LogP contribution in [0.25, 0.3) is 10.8 Å². The summed E-state index contributed by atoms with van der Waals surface area (Å²) in [6, 6.07) is 21.3. The summed E-state index contributed by atoms with van der Waals surface area (Å²) in [6.07, 6.45) is 1.97. The van der Waals surface area contributed by atoms with Crippen LogP contribution in [0.3, 0.4) is 0 Å². The molecule has 1 aliphatic carbocycles. The molecule has 0 bridgehead atoms. The Morgan fingerprint density at radius 1 is 1.04 bits per heavy atom. The SMILES string of the molecule is Cc1ccc(NC2CNC2)cc1C(=O)NC1(c2cccc3ccccc23)CC1. The number of hydrogen-bond donors (Lipinski definition) is 3. The number of rotatable bonds is 5. The summed E-state index contributed by atoms with van der Waals surface area (Å²) in [4.78, 5) is 13.2. The molecule has 0 atom stereocenters. The number of carbonyl (C=O) groups is 1. The topological polar surface area (TPSA) is 53.2 Å². The van der Waals surface area contributed by atoms with Crippen LogP contribution >= 0.6 is 0 Å². The standard InChI is InChI=1S/C24H25N3O/c1-16-9-10-18(26-19-14-25-15-19)13-21(16)23(28)27-24(11-12-24)22-8-4-6-17-5-2-3-7-20(17)22/h2-10,13,19,25-26H,11-12,14-15H2,1H3,(H,27,28). The molecule has 4 nitrogen and oxygen atoms in total. The van der Waals surface area contributed by atoms with Gasteiger partial charge in [0.25, 0.3) is 5.91 Å². The van der Waals surface area contributed by atoms with Crippen LogP contribution < -0.4 is 16.0 Å². The van der Waals surface area contributed by atoms with Gasteiger partial charge in [-0.25, -0.2) is 0 Å². The van der Waals surface area contributed by atoms with Crippen LogP contribution in [-0.4, -0.2) is 25.0 Å². The van der Waals surface area contributed by atoms with E-state index in [9.17, 15) is 4.79 Å². The van der Waals surface area contributed by atoms with Gasteiger partial charge in [0, 0.05) is 24.3 Å². The summed E-state index contributed by atoms with van der Waals surface area (Å²) < 4.78 is 0. The number of nitrogens with one attached hydrogen (secondary N) is 3. The van der Waals surface area contributed by atoms with E-state index < -0.39 is 0 Å². The van der Waals surface area contributed by atoms with E-state index in [1.54, 1.807) is 0 Å². The minimum atomic E-state index is -0.244. The van der Waals surface area contributed by atoms with Gasteiger partial charge in [0.1, 0.15) is 0 Å². The maximum Gasteiger partial charge on any atom is 0.252 e. The van der Waals surface area contributed by atoms with Gasteiger partial charge in [-0.2, -0.15) is 0 Å². The number of anilines is 1. The zero-order valence-electron chi connectivity index (χ0n) is 16.1. The minimum absolute atomic E-state index is 0.0123. The van der Waals surface area contributed by atoms with E-state index in [2.05, 4.69) is 64.5 Å². The molecule has 0 unspecified atom stereocenters. The maximum absolute atomic E-state index is 13.2. The van der Waals surface area contributed by atoms with Crippen molar-refractivity contribution in [1.82, 2.24) is 10.6 Å². The van der Waals surface area contributed by atoms with E-state index in [0.29, 0.717) is 6.04 Å². The van der Waals surface area contributed by atoms with Crippen molar-refractivity contribution < 1.29 is 4.79 Å². The van der Waals surface area contributed by atoms with Gasteiger partial charge in [-0.1, -0.05) is 48.5 Å². The molecule has 0 aromatic heterocycles. The third-order valence-corrected chi connectivity index (χ3v) is 6.04. The molecule has 2 aliphatic rings. The molecule has 1 heterocycles. The number of carbonyl (C=O) groups excluding carboxylic acids is 1. The van der Waals surface area contributed by atoms with Crippen molar-refractivity contribution >= 4 is 22.4 Å². The Balaban J connectivity index is 1.42. The van der Waals surface area contributed by atoms with E-state index in [1.165, 1.54) is 16.3 Å². The zero-order valence-corrected chi connectivity index (χ0v) is 16.1. The fraction of sp³-hybridized carbons (Fsp3) is 0.292. The summed E-state index contributed by atoms with van der Waals surface area (Å²) >= 11 is 0. The lowest BCUT2D eigenvalue weighted by Gasteiger charge is -2.29.